The van der Waals surface area contributed by atoms with Crippen molar-refractivity contribution in [2.45, 2.75) is 11.3 Å². The third-order valence-corrected chi connectivity index (χ3v) is 5.77. The number of hydrogen-bond donors (Lipinski definition) is 2. The van der Waals surface area contributed by atoms with Crippen LogP contribution in [-0.4, -0.2) is 28.9 Å². The molecule has 10 heteroatoms. The summed E-state index contributed by atoms with van der Waals surface area (Å²) in [6, 6.07) is 11.7. The van der Waals surface area contributed by atoms with Gasteiger partial charge in [0.15, 0.2) is 0 Å². The molecule has 2 aromatic carbocycles. The van der Waals surface area contributed by atoms with E-state index in [1.165, 1.54) is 12.3 Å². The van der Waals surface area contributed by atoms with Crippen LogP contribution >= 0.6 is 11.6 Å². The molecule has 0 saturated carbocycles. The number of carbonyl (C=O) groups is 1. The summed E-state index contributed by atoms with van der Waals surface area (Å²) in [5, 5.41) is 9.50. The number of imidazole rings is 1. The van der Waals surface area contributed by atoms with Gasteiger partial charge in [0, 0.05) is 34.7 Å². The Kier molecular flexibility index (Phi) is 5.25. The second kappa shape index (κ2) is 7.86. The van der Waals surface area contributed by atoms with Crippen molar-refractivity contribution in [3.63, 3.8) is 0 Å². The molecule has 2 heterocycles. The zero-order valence-corrected chi connectivity index (χ0v) is 17.1. The van der Waals surface area contributed by atoms with Gasteiger partial charge in [-0.05, 0) is 35.2 Å². The topological polar surface area (TPSA) is 120 Å². The number of amides is 1. The molecule has 4 rings (SSSR count). The van der Waals surface area contributed by atoms with Gasteiger partial charge >= 0.3 is 0 Å². The van der Waals surface area contributed by atoms with Crippen LogP contribution in [-0.2, 0) is 21.2 Å². The van der Waals surface area contributed by atoms with Crippen molar-refractivity contribution in [1.82, 2.24) is 14.5 Å². The summed E-state index contributed by atoms with van der Waals surface area (Å²) in [5.41, 5.74) is 0.960. The Hall–Kier alpha value is -3.27. The zero-order valence-electron chi connectivity index (χ0n) is 15.5. The van der Waals surface area contributed by atoms with E-state index in [2.05, 4.69) is 15.3 Å². The number of fused-ring (bicyclic) bond motifs is 1. The monoisotopic (exact) mass is 441 g/mol. The molecule has 0 aliphatic heterocycles. The van der Waals surface area contributed by atoms with Crippen LogP contribution in [0.3, 0.4) is 0 Å². The van der Waals surface area contributed by atoms with Crippen LogP contribution in [0, 0.1) is 0 Å². The van der Waals surface area contributed by atoms with Gasteiger partial charge in [-0.2, -0.15) is 0 Å². The van der Waals surface area contributed by atoms with Gasteiger partial charge in [0.1, 0.15) is 12.1 Å². The lowest BCUT2D eigenvalue weighted by Gasteiger charge is -2.12. The number of nitrogens with zero attached hydrogens (tertiary/aromatic N) is 3. The molecule has 152 valence electrons. The first kappa shape index (κ1) is 20.0. The number of anilines is 1. The highest BCUT2D eigenvalue weighted by Crippen LogP contribution is 2.28. The number of pyridine rings is 1. The van der Waals surface area contributed by atoms with Gasteiger partial charge in [-0.1, -0.05) is 29.8 Å². The number of carbonyl (C=O) groups excluding carboxylic acids is 1. The van der Waals surface area contributed by atoms with Crippen LogP contribution in [0.25, 0.3) is 16.6 Å². The molecule has 0 aliphatic carbocycles. The van der Waals surface area contributed by atoms with E-state index in [1.807, 2.05) is 0 Å². The maximum absolute atomic E-state index is 12.5. The number of hydrogen-bond acceptors (Lipinski definition) is 5. The molecule has 0 unspecified atom stereocenters. The molecule has 0 radical (unpaired) electrons. The van der Waals surface area contributed by atoms with E-state index in [4.69, 9.17) is 16.7 Å². The van der Waals surface area contributed by atoms with Crippen molar-refractivity contribution in [2.24, 2.45) is 5.14 Å². The fourth-order valence-electron chi connectivity index (χ4n) is 3.08. The summed E-state index contributed by atoms with van der Waals surface area (Å²) in [6.45, 7) is 0. The fraction of sp³-hybridized carbons (Fsp3) is 0.0500. The van der Waals surface area contributed by atoms with Crippen LogP contribution < -0.4 is 10.5 Å². The zero-order chi connectivity index (χ0) is 21.3. The highest BCUT2D eigenvalue weighted by Gasteiger charge is 2.17. The highest BCUT2D eigenvalue weighted by molar-refractivity contribution is 7.89. The quantitative estimate of drug-likeness (QED) is 0.493. The predicted octanol–water partition coefficient (Wildman–Crippen LogP) is 2.90. The number of nitrogens with two attached hydrogens (primary N) is 1. The maximum Gasteiger partial charge on any atom is 0.238 e. The van der Waals surface area contributed by atoms with Gasteiger partial charge in [-0.15, -0.1) is 0 Å². The molecule has 0 atom stereocenters. The molecule has 0 saturated heterocycles. The van der Waals surface area contributed by atoms with E-state index in [1.54, 1.807) is 59.7 Å². The van der Waals surface area contributed by atoms with Crippen LogP contribution in [0.15, 0.2) is 72.3 Å². The Morgan fingerprint density at radius 1 is 1.20 bits per heavy atom. The summed E-state index contributed by atoms with van der Waals surface area (Å²) in [5.74, 6) is 0.201. The van der Waals surface area contributed by atoms with Crippen molar-refractivity contribution in [1.29, 1.82) is 0 Å². The van der Waals surface area contributed by atoms with E-state index >= 15 is 0 Å². The second-order valence-electron chi connectivity index (χ2n) is 6.57. The van der Waals surface area contributed by atoms with Crippen LogP contribution in [0.4, 0.5) is 5.69 Å². The lowest BCUT2D eigenvalue weighted by Crippen LogP contribution is -2.17. The normalized spacial score (nSPS) is 11.5. The Labute approximate surface area is 177 Å². The van der Waals surface area contributed by atoms with Crippen molar-refractivity contribution in [2.75, 3.05) is 5.32 Å². The van der Waals surface area contributed by atoms with E-state index in [0.29, 0.717) is 32.9 Å². The van der Waals surface area contributed by atoms with Gasteiger partial charge in [0.2, 0.25) is 15.9 Å². The third-order valence-electron chi connectivity index (χ3n) is 4.45. The minimum atomic E-state index is -4.05. The van der Waals surface area contributed by atoms with E-state index in [0.717, 1.165) is 0 Å². The molecule has 0 fully saturated rings. The smallest absolute Gasteiger partial charge is 0.238 e. The average Bonchev–Trinajstić information content (AvgIpc) is 3.23. The van der Waals surface area contributed by atoms with Crippen LogP contribution in [0.2, 0.25) is 5.02 Å². The molecule has 4 aromatic rings. The van der Waals surface area contributed by atoms with Crippen molar-refractivity contribution in [3.05, 3.63) is 78.0 Å². The molecule has 0 spiro atoms. The van der Waals surface area contributed by atoms with Gasteiger partial charge in [-0.25, -0.2) is 23.5 Å². The number of primary sulfonamides is 1. The average molecular weight is 442 g/mol. The summed E-state index contributed by atoms with van der Waals surface area (Å²) >= 11 is 6.11. The van der Waals surface area contributed by atoms with Gasteiger partial charge in [-0.3, -0.25) is 9.36 Å². The lowest BCUT2D eigenvalue weighted by atomic mass is 10.1. The van der Waals surface area contributed by atoms with E-state index in [9.17, 15) is 13.2 Å². The first-order valence-electron chi connectivity index (χ1n) is 8.79. The number of halogens is 1. The number of nitrogens with one attached hydrogen (secondary N) is 1. The number of benzene rings is 2. The van der Waals surface area contributed by atoms with Crippen molar-refractivity contribution >= 4 is 44.0 Å². The standard InChI is InChI=1S/C20H16ClN5O3S/c21-17-4-2-1-3-13(17)9-20(27)25-15-7-14-8-19(26-6-5-23-12-26)24-11-16(14)18(10-15)30(22,28)29/h1-8,10-12H,9H2,(H,25,27)(H2,22,28,29). The molecular weight excluding hydrogens is 426 g/mol. The Bertz CT molecular complexity index is 1350. The summed E-state index contributed by atoms with van der Waals surface area (Å²) in [4.78, 5) is 20.6. The number of sulfonamides is 1. The minimum absolute atomic E-state index is 0.0407. The molecule has 1 amide bonds. The van der Waals surface area contributed by atoms with E-state index in [-0.39, 0.29) is 17.2 Å². The molecule has 8 nitrogen and oxygen atoms in total. The summed E-state index contributed by atoms with van der Waals surface area (Å²) < 4.78 is 26.0. The highest BCUT2D eigenvalue weighted by atomic mass is 35.5. The lowest BCUT2D eigenvalue weighted by molar-refractivity contribution is -0.115. The van der Waals surface area contributed by atoms with E-state index < -0.39 is 10.0 Å². The van der Waals surface area contributed by atoms with Crippen LogP contribution in [0.5, 0.6) is 0 Å². The first-order valence-corrected chi connectivity index (χ1v) is 10.7. The minimum Gasteiger partial charge on any atom is -0.326 e. The van der Waals surface area contributed by atoms with Crippen molar-refractivity contribution < 1.29 is 13.2 Å². The summed E-state index contributed by atoms with van der Waals surface area (Å²) in [7, 11) is -4.05. The van der Waals surface area contributed by atoms with Crippen molar-refractivity contribution in [3.8, 4) is 5.82 Å². The molecular formula is C20H16ClN5O3S. The predicted molar refractivity (Wildman–Crippen MR) is 114 cm³/mol. The molecule has 3 N–H and O–H groups in total. The SMILES string of the molecule is NS(=O)(=O)c1cc(NC(=O)Cc2ccccc2Cl)cc2cc(-n3ccnc3)ncc12. The maximum atomic E-state index is 12.5. The molecule has 2 aromatic heterocycles. The fourth-order valence-corrected chi connectivity index (χ4v) is 4.05. The number of aromatic nitrogens is 3. The van der Waals surface area contributed by atoms with Gasteiger partial charge < -0.3 is 5.32 Å². The third kappa shape index (κ3) is 4.18. The Balaban J connectivity index is 1.73. The van der Waals surface area contributed by atoms with Crippen LogP contribution in [0.1, 0.15) is 5.56 Å². The largest absolute Gasteiger partial charge is 0.326 e. The molecule has 0 aliphatic rings. The first-order chi connectivity index (χ1) is 14.3. The molecule has 0 bridgehead atoms. The number of rotatable bonds is 5. The summed E-state index contributed by atoms with van der Waals surface area (Å²) in [6.07, 6.45) is 6.36. The Morgan fingerprint density at radius 3 is 2.70 bits per heavy atom. The Morgan fingerprint density at radius 2 is 2.00 bits per heavy atom. The van der Waals surface area contributed by atoms with Gasteiger partial charge in [0.25, 0.3) is 0 Å². The molecule has 30 heavy (non-hydrogen) atoms. The second-order valence-corrected chi connectivity index (χ2v) is 8.51. The van der Waals surface area contributed by atoms with Gasteiger partial charge in [0.05, 0.1) is 11.3 Å².